The molecule has 0 amide bonds. The summed E-state index contributed by atoms with van der Waals surface area (Å²) in [7, 11) is 0. The molecule has 82 valence electrons. The summed E-state index contributed by atoms with van der Waals surface area (Å²) in [4.78, 5) is 14.6. The molecule has 16 heavy (non-hydrogen) atoms. The molecule has 2 rings (SSSR count). The van der Waals surface area contributed by atoms with Crippen molar-refractivity contribution in [2.75, 3.05) is 0 Å². The lowest BCUT2D eigenvalue weighted by atomic mass is 10.1. The molecule has 0 spiro atoms. The Bertz CT molecular complexity index is 592. The molecule has 0 bridgehead atoms. The van der Waals surface area contributed by atoms with E-state index in [1.807, 2.05) is 0 Å². The number of halogens is 3. The highest BCUT2D eigenvalue weighted by atomic mass is 35.5. The third-order valence-corrected chi connectivity index (χ3v) is 3.24. The zero-order valence-corrected chi connectivity index (χ0v) is 10.2. The summed E-state index contributed by atoms with van der Waals surface area (Å²) in [5.74, 6) is 0. The van der Waals surface area contributed by atoms with E-state index >= 15 is 0 Å². The van der Waals surface area contributed by atoms with Crippen molar-refractivity contribution in [3.63, 3.8) is 0 Å². The number of aromatic amines is 1. The van der Waals surface area contributed by atoms with Gasteiger partial charge in [0.25, 0.3) is 0 Å². The van der Waals surface area contributed by atoms with E-state index in [1.165, 1.54) is 6.20 Å². The smallest absolute Gasteiger partial charge is 0.207 e. The summed E-state index contributed by atoms with van der Waals surface area (Å²) < 4.78 is 0. The van der Waals surface area contributed by atoms with Gasteiger partial charge in [-0.2, -0.15) is 0 Å². The van der Waals surface area contributed by atoms with Crippen molar-refractivity contribution in [3.05, 3.63) is 55.9 Å². The quantitative estimate of drug-likeness (QED) is 0.837. The van der Waals surface area contributed by atoms with Gasteiger partial charge in [0.05, 0.1) is 10.0 Å². The summed E-state index contributed by atoms with van der Waals surface area (Å²) in [5, 5.41) is 0.865. The minimum absolute atomic E-state index is 0.119. The monoisotopic (exact) mass is 273 g/mol. The number of hydrogen-bond acceptors (Lipinski definition) is 1. The van der Waals surface area contributed by atoms with Crippen LogP contribution in [0.4, 0.5) is 0 Å². The fourth-order valence-corrected chi connectivity index (χ4v) is 1.94. The second-order valence-electron chi connectivity index (χ2n) is 3.15. The van der Waals surface area contributed by atoms with Crippen molar-refractivity contribution in [3.8, 4) is 11.1 Å². The fourth-order valence-electron chi connectivity index (χ4n) is 1.37. The van der Waals surface area contributed by atoms with E-state index in [0.29, 0.717) is 21.2 Å². The van der Waals surface area contributed by atoms with Gasteiger partial charge in [0.1, 0.15) is 5.02 Å². The topological polar surface area (TPSA) is 32.9 Å². The van der Waals surface area contributed by atoms with E-state index in [9.17, 15) is 4.79 Å². The molecule has 0 fully saturated rings. The Morgan fingerprint density at radius 1 is 0.938 bits per heavy atom. The third kappa shape index (κ3) is 1.96. The molecule has 0 aliphatic heterocycles. The zero-order valence-electron chi connectivity index (χ0n) is 7.93. The van der Waals surface area contributed by atoms with Gasteiger partial charge in [0, 0.05) is 23.5 Å². The first-order chi connectivity index (χ1) is 7.61. The van der Waals surface area contributed by atoms with Gasteiger partial charge in [0.15, 0.2) is 0 Å². The van der Waals surface area contributed by atoms with Crippen LogP contribution in [-0.2, 0) is 0 Å². The number of H-pyrrole nitrogens is 1. The first kappa shape index (κ1) is 11.5. The maximum Gasteiger partial charge on any atom is 0.207 e. The number of benzene rings is 1. The van der Waals surface area contributed by atoms with Crippen LogP contribution in [0, 0.1) is 0 Å². The molecule has 0 radical (unpaired) electrons. The zero-order chi connectivity index (χ0) is 11.7. The van der Waals surface area contributed by atoms with Crippen molar-refractivity contribution in [2.24, 2.45) is 0 Å². The number of aromatic nitrogens is 1. The highest BCUT2D eigenvalue weighted by Crippen LogP contribution is 2.31. The summed E-state index contributed by atoms with van der Waals surface area (Å²) in [6.45, 7) is 0. The molecular formula is C11H6Cl3NO. The SMILES string of the molecule is O=c1c(Cl)c[nH]cc1-c1cccc(Cl)c1Cl. The van der Waals surface area contributed by atoms with Gasteiger partial charge in [0.2, 0.25) is 5.43 Å². The van der Waals surface area contributed by atoms with Gasteiger partial charge in [-0.05, 0) is 6.07 Å². The number of rotatable bonds is 1. The predicted molar refractivity (Wildman–Crippen MR) is 67.5 cm³/mol. The van der Waals surface area contributed by atoms with Crippen LogP contribution in [-0.4, -0.2) is 4.98 Å². The largest absolute Gasteiger partial charge is 0.366 e. The third-order valence-electron chi connectivity index (χ3n) is 2.14. The normalized spacial score (nSPS) is 10.4. The Hall–Kier alpha value is -0.960. The van der Waals surface area contributed by atoms with Crippen LogP contribution in [0.3, 0.4) is 0 Å². The summed E-state index contributed by atoms with van der Waals surface area (Å²) in [6.07, 6.45) is 2.97. The number of nitrogens with one attached hydrogen (secondary N) is 1. The Labute approximate surface area is 107 Å². The maximum atomic E-state index is 11.8. The molecule has 0 aliphatic rings. The number of pyridine rings is 1. The van der Waals surface area contributed by atoms with Gasteiger partial charge in [-0.25, -0.2) is 0 Å². The lowest BCUT2D eigenvalue weighted by Gasteiger charge is -2.05. The first-order valence-corrected chi connectivity index (χ1v) is 5.55. The summed E-state index contributed by atoms with van der Waals surface area (Å²) in [6, 6.07) is 5.10. The standard InChI is InChI=1S/C11H6Cl3NO/c12-8-3-1-2-6(10(8)14)7-4-15-5-9(13)11(7)16/h1-5H,(H,15,16). The Kier molecular flexibility index (Phi) is 3.24. The molecule has 0 atom stereocenters. The summed E-state index contributed by atoms with van der Waals surface area (Å²) >= 11 is 17.6. The minimum Gasteiger partial charge on any atom is -0.366 e. The predicted octanol–water partition coefficient (Wildman–Crippen LogP) is 4.00. The van der Waals surface area contributed by atoms with Crippen LogP contribution in [0.5, 0.6) is 0 Å². The van der Waals surface area contributed by atoms with E-state index in [2.05, 4.69) is 4.98 Å². The van der Waals surface area contributed by atoms with Crippen LogP contribution in [0.25, 0.3) is 11.1 Å². The van der Waals surface area contributed by atoms with Crippen LogP contribution < -0.4 is 5.43 Å². The molecule has 0 aliphatic carbocycles. The van der Waals surface area contributed by atoms with Gasteiger partial charge >= 0.3 is 0 Å². The number of hydrogen-bond donors (Lipinski definition) is 1. The molecule has 2 nitrogen and oxygen atoms in total. The molecule has 0 unspecified atom stereocenters. The molecule has 2 aromatic rings. The van der Waals surface area contributed by atoms with Gasteiger partial charge in [-0.3, -0.25) is 4.79 Å². The Balaban J connectivity index is 2.73. The lowest BCUT2D eigenvalue weighted by Crippen LogP contribution is -2.05. The summed E-state index contributed by atoms with van der Waals surface area (Å²) in [5.41, 5.74) is 0.697. The molecule has 1 heterocycles. The van der Waals surface area contributed by atoms with E-state index in [4.69, 9.17) is 34.8 Å². The lowest BCUT2D eigenvalue weighted by molar-refractivity contribution is 1.30. The van der Waals surface area contributed by atoms with Crippen LogP contribution in [0.2, 0.25) is 15.1 Å². The molecular weight excluding hydrogens is 268 g/mol. The van der Waals surface area contributed by atoms with E-state index in [0.717, 1.165) is 0 Å². The molecule has 1 aromatic carbocycles. The maximum absolute atomic E-state index is 11.8. The van der Waals surface area contributed by atoms with Crippen LogP contribution in [0.1, 0.15) is 0 Å². The van der Waals surface area contributed by atoms with E-state index in [-0.39, 0.29) is 10.5 Å². The highest BCUT2D eigenvalue weighted by molar-refractivity contribution is 6.43. The van der Waals surface area contributed by atoms with E-state index in [1.54, 1.807) is 24.4 Å². The van der Waals surface area contributed by atoms with Crippen molar-refractivity contribution < 1.29 is 0 Å². The molecule has 1 aromatic heterocycles. The average Bonchev–Trinajstić information content (AvgIpc) is 2.27. The molecule has 5 heteroatoms. The van der Waals surface area contributed by atoms with Crippen LogP contribution in [0.15, 0.2) is 35.4 Å². The average molecular weight is 275 g/mol. The van der Waals surface area contributed by atoms with E-state index < -0.39 is 0 Å². The highest BCUT2D eigenvalue weighted by Gasteiger charge is 2.11. The second-order valence-corrected chi connectivity index (χ2v) is 4.34. The van der Waals surface area contributed by atoms with Crippen molar-refractivity contribution in [1.29, 1.82) is 0 Å². The second kappa shape index (κ2) is 4.50. The van der Waals surface area contributed by atoms with Crippen molar-refractivity contribution >= 4 is 34.8 Å². The van der Waals surface area contributed by atoms with Crippen molar-refractivity contribution in [1.82, 2.24) is 4.98 Å². The Morgan fingerprint density at radius 2 is 1.69 bits per heavy atom. The fraction of sp³-hybridized carbons (Fsp3) is 0. The van der Waals surface area contributed by atoms with Crippen LogP contribution >= 0.6 is 34.8 Å². The van der Waals surface area contributed by atoms with Crippen molar-refractivity contribution in [2.45, 2.75) is 0 Å². The molecule has 0 saturated heterocycles. The van der Waals surface area contributed by atoms with Gasteiger partial charge in [-0.15, -0.1) is 0 Å². The first-order valence-electron chi connectivity index (χ1n) is 4.42. The van der Waals surface area contributed by atoms with Gasteiger partial charge in [-0.1, -0.05) is 46.9 Å². The molecule has 1 N–H and O–H groups in total. The Morgan fingerprint density at radius 3 is 2.44 bits per heavy atom. The van der Waals surface area contributed by atoms with Gasteiger partial charge < -0.3 is 4.98 Å². The minimum atomic E-state index is -0.274. The molecule has 0 saturated carbocycles.